The Morgan fingerprint density at radius 3 is 2.47 bits per heavy atom. The van der Waals surface area contributed by atoms with Gasteiger partial charge in [-0.2, -0.15) is 0 Å². The lowest BCUT2D eigenvalue weighted by Crippen LogP contribution is -2.49. The van der Waals surface area contributed by atoms with E-state index >= 15 is 0 Å². The molecular formula is C26H30N2O6. The maximum atomic E-state index is 12.6. The molecule has 1 amide bonds. The summed E-state index contributed by atoms with van der Waals surface area (Å²) in [7, 11) is 0. The van der Waals surface area contributed by atoms with Crippen molar-refractivity contribution in [2.75, 3.05) is 13.2 Å². The summed E-state index contributed by atoms with van der Waals surface area (Å²) in [5, 5.41) is 0. The highest BCUT2D eigenvalue weighted by molar-refractivity contribution is 5.89. The molecule has 2 atom stereocenters. The molecular weight excluding hydrogens is 436 g/mol. The molecule has 180 valence electrons. The molecule has 2 heterocycles. The second kappa shape index (κ2) is 10.6. The summed E-state index contributed by atoms with van der Waals surface area (Å²) < 4.78 is 17.7. The van der Waals surface area contributed by atoms with Gasteiger partial charge in [-0.05, 0) is 75.9 Å². The van der Waals surface area contributed by atoms with Crippen molar-refractivity contribution in [2.45, 2.75) is 58.2 Å². The fourth-order valence-electron chi connectivity index (χ4n) is 4.52. The van der Waals surface area contributed by atoms with Crippen molar-refractivity contribution in [1.82, 2.24) is 9.47 Å². The van der Waals surface area contributed by atoms with Crippen molar-refractivity contribution in [2.24, 2.45) is 0 Å². The van der Waals surface area contributed by atoms with E-state index in [-0.39, 0.29) is 31.2 Å². The standard InChI is InChI=1S/C26H30N2O6/c1-18-7-5-8-19(2)28(18)24(29)17-33-21-13-11-20(12-14-21)25(30)32-16-6-15-27-22-9-3-4-10-23(22)34-26(27)31/h3-4,9-14,18-19H,5-8,15-17H2,1-2H3. The van der Waals surface area contributed by atoms with E-state index in [0.717, 1.165) is 24.8 Å². The maximum absolute atomic E-state index is 12.6. The lowest BCUT2D eigenvalue weighted by atomic mass is 9.97. The van der Waals surface area contributed by atoms with E-state index in [1.165, 1.54) is 4.57 Å². The first kappa shape index (κ1) is 23.6. The molecule has 8 nitrogen and oxygen atoms in total. The van der Waals surface area contributed by atoms with E-state index in [2.05, 4.69) is 13.8 Å². The van der Waals surface area contributed by atoms with Crippen LogP contribution in [0.25, 0.3) is 11.1 Å². The summed E-state index contributed by atoms with van der Waals surface area (Å²) in [6.07, 6.45) is 3.65. The molecule has 4 rings (SSSR count). The number of para-hydroxylation sites is 2. The van der Waals surface area contributed by atoms with Crippen LogP contribution in [0.3, 0.4) is 0 Å². The molecule has 1 aliphatic heterocycles. The number of hydrogen-bond donors (Lipinski definition) is 0. The van der Waals surface area contributed by atoms with Crippen molar-refractivity contribution < 1.29 is 23.5 Å². The van der Waals surface area contributed by atoms with Crippen molar-refractivity contribution in [3.05, 3.63) is 64.6 Å². The van der Waals surface area contributed by atoms with E-state index in [4.69, 9.17) is 13.9 Å². The molecule has 0 spiro atoms. The number of aryl methyl sites for hydroxylation is 1. The summed E-state index contributed by atoms with van der Waals surface area (Å²) in [5.74, 6) is -0.380. The number of aromatic nitrogens is 1. The first-order valence-electron chi connectivity index (χ1n) is 11.7. The van der Waals surface area contributed by atoms with Crippen LogP contribution in [0, 0.1) is 0 Å². The van der Waals surface area contributed by atoms with E-state index < -0.39 is 11.7 Å². The Kier molecular flexibility index (Phi) is 7.35. The van der Waals surface area contributed by atoms with Crippen LogP contribution in [-0.2, 0) is 16.1 Å². The van der Waals surface area contributed by atoms with Gasteiger partial charge in [0, 0.05) is 18.6 Å². The Balaban J connectivity index is 1.23. The molecule has 3 aromatic rings. The Labute approximate surface area is 198 Å². The van der Waals surface area contributed by atoms with Crippen LogP contribution in [0.2, 0.25) is 0 Å². The van der Waals surface area contributed by atoms with Crippen molar-refractivity contribution >= 4 is 23.0 Å². The van der Waals surface area contributed by atoms with Gasteiger partial charge in [0.2, 0.25) is 0 Å². The topological polar surface area (TPSA) is 91.0 Å². The van der Waals surface area contributed by atoms with Crippen LogP contribution in [0.4, 0.5) is 0 Å². The molecule has 0 N–H and O–H groups in total. The van der Waals surface area contributed by atoms with Gasteiger partial charge in [0.05, 0.1) is 17.7 Å². The zero-order chi connectivity index (χ0) is 24.1. The summed E-state index contributed by atoms with van der Waals surface area (Å²) in [6.45, 7) is 4.68. The van der Waals surface area contributed by atoms with E-state index in [1.807, 2.05) is 17.0 Å². The van der Waals surface area contributed by atoms with E-state index in [1.54, 1.807) is 36.4 Å². The number of nitrogens with zero attached hydrogens (tertiary/aromatic N) is 2. The van der Waals surface area contributed by atoms with Crippen LogP contribution in [0.1, 0.15) is 49.9 Å². The van der Waals surface area contributed by atoms with Gasteiger partial charge in [-0.25, -0.2) is 9.59 Å². The second-order valence-electron chi connectivity index (χ2n) is 8.72. The molecule has 0 saturated carbocycles. The van der Waals surface area contributed by atoms with Crippen LogP contribution in [0.15, 0.2) is 57.7 Å². The number of rotatable bonds is 8. The predicted molar refractivity (Wildman–Crippen MR) is 127 cm³/mol. The molecule has 0 bridgehead atoms. The molecule has 1 fully saturated rings. The first-order chi connectivity index (χ1) is 16.4. The molecule has 1 saturated heterocycles. The number of likely N-dealkylation sites (tertiary alicyclic amines) is 1. The zero-order valence-corrected chi connectivity index (χ0v) is 19.6. The number of ether oxygens (including phenoxy) is 2. The average Bonchev–Trinajstić information content (AvgIpc) is 3.15. The fourth-order valence-corrected chi connectivity index (χ4v) is 4.52. The number of carbonyl (C=O) groups excluding carboxylic acids is 2. The minimum absolute atomic E-state index is 0.0207. The average molecular weight is 467 g/mol. The van der Waals surface area contributed by atoms with Crippen molar-refractivity contribution in [3.63, 3.8) is 0 Å². The smallest absolute Gasteiger partial charge is 0.419 e. The van der Waals surface area contributed by atoms with Crippen LogP contribution >= 0.6 is 0 Å². The van der Waals surface area contributed by atoms with Gasteiger partial charge in [0.25, 0.3) is 5.91 Å². The molecule has 0 aliphatic carbocycles. The molecule has 1 aliphatic rings. The molecule has 2 aromatic carbocycles. The molecule has 34 heavy (non-hydrogen) atoms. The van der Waals surface area contributed by atoms with Gasteiger partial charge in [-0.15, -0.1) is 0 Å². The normalized spacial score (nSPS) is 18.1. The van der Waals surface area contributed by atoms with Crippen LogP contribution in [0.5, 0.6) is 5.75 Å². The minimum atomic E-state index is -0.456. The molecule has 1 aromatic heterocycles. The van der Waals surface area contributed by atoms with E-state index in [9.17, 15) is 14.4 Å². The highest BCUT2D eigenvalue weighted by atomic mass is 16.5. The predicted octanol–water partition coefficient (Wildman–Crippen LogP) is 4.01. The largest absolute Gasteiger partial charge is 0.484 e. The number of carbonyl (C=O) groups is 2. The number of benzene rings is 2. The molecule has 0 radical (unpaired) electrons. The number of oxazole rings is 1. The van der Waals surface area contributed by atoms with Crippen molar-refractivity contribution in [3.8, 4) is 5.75 Å². The third-order valence-corrected chi connectivity index (χ3v) is 6.27. The number of esters is 1. The number of fused-ring (bicyclic) bond motifs is 1. The van der Waals surface area contributed by atoms with Gasteiger partial charge in [-0.1, -0.05) is 12.1 Å². The van der Waals surface area contributed by atoms with Crippen LogP contribution < -0.4 is 10.5 Å². The number of piperidine rings is 1. The highest BCUT2D eigenvalue weighted by Crippen LogP contribution is 2.23. The van der Waals surface area contributed by atoms with Gasteiger partial charge in [0.1, 0.15) is 5.75 Å². The van der Waals surface area contributed by atoms with Gasteiger partial charge >= 0.3 is 11.7 Å². The lowest BCUT2D eigenvalue weighted by molar-refractivity contribution is -0.139. The maximum Gasteiger partial charge on any atom is 0.419 e. The number of hydrogen-bond acceptors (Lipinski definition) is 6. The first-order valence-corrected chi connectivity index (χ1v) is 11.7. The summed E-state index contributed by atoms with van der Waals surface area (Å²) in [6, 6.07) is 14.2. The Morgan fingerprint density at radius 1 is 1.03 bits per heavy atom. The van der Waals surface area contributed by atoms with E-state index in [0.29, 0.717) is 29.9 Å². The Hall–Kier alpha value is -3.55. The Morgan fingerprint density at radius 2 is 1.74 bits per heavy atom. The minimum Gasteiger partial charge on any atom is -0.484 e. The molecule has 8 heteroatoms. The SMILES string of the molecule is CC1CCCC(C)N1C(=O)COc1ccc(C(=O)OCCCn2c(=O)oc3ccccc32)cc1. The zero-order valence-electron chi connectivity index (χ0n) is 19.6. The van der Waals surface area contributed by atoms with Crippen LogP contribution in [-0.4, -0.2) is 46.6 Å². The molecule has 2 unspecified atom stereocenters. The fraction of sp³-hybridized carbons (Fsp3) is 0.423. The number of amides is 1. The quantitative estimate of drug-likeness (QED) is 0.368. The lowest BCUT2D eigenvalue weighted by Gasteiger charge is -2.38. The van der Waals surface area contributed by atoms with Gasteiger partial charge in [-0.3, -0.25) is 9.36 Å². The monoisotopic (exact) mass is 466 g/mol. The highest BCUT2D eigenvalue weighted by Gasteiger charge is 2.29. The summed E-state index contributed by atoms with van der Waals surface area (Å²) in [5.41, 5.74) is 1.65. The third-order valence-electron chi connectivity index (χ3n) is 6.27. The Bertz CT molecular complexity index is 1190. The third kappa shape index (κ3) is 5.32. The van der Waals surface area contributed by atoms with Crippen molar-refractivity contribution in [1.29, 1.82) is 0 Å². The summed E-state index contributed by atoms with van der Waals surface area (Å²) >= 11 is 0. The van der Waals surface area contributed by atoms with Gasteiger partial charge in [0.15, 0.2) is 12.2 Å². The summed E-state index contributed by atoms with van der Waals surface area (Å²) in [4.78, 5) is 38.8. The van der Waals surface area contributed by atoms with Gasteiger partial charge < -0.3 is 18.8 Å². The second-order valence-corrected chi connectivity index (χ2v) is 8.72.